The highest BCUT2D eigenvalue weighted by atomic mass is 16.7. The maximum Gasteiger partial charge on any atom is 0.514 e. The molecule has 0 aliphatic carbocycles. The van der Waals surface area contributed by atoms with Crippen LogP contribution in [-0.2, 0) is 78.3 Å². The molecule has 0 spiro atoms. The molecular formula is C112H122N8O27. The molecule has 0 radical (unpaired) electrons. The molecule has 12 aliphatic rings. The van der Waals surface area contributed by atoms with Crippen molar-refractivity contribution in [1.29, 1.82) is 0 Å². The minimum Gasteiger partial charge on any atom is -0.504 e. The molecule has 147 heavy (non-hydrogen) atoms. The van der Waals surface area contributed by atoms with Gasteiger partial charge in [0.05, 0.1) is 75.7 Å². The van der Waals surface area contributed by atoms with Gasteiger partial charge < -0.3 is 112 Å². The van der Waals surface area contributed by atoms with Crippen LogP contribution < -0.4 is 67.5 Å². The Labute approximate surface area is 850 Å². The van der Waals surface area contributed by atoms with E-state index in [-0.39, 0.29) is 124 Å². The van der Waals surface area contributed by atoms with Crippen LogP contribution in [0.4, 0.5) is 9.59 Å². The van der Waals surface area contributed by atoms with E-state index in [1.807, 2.05) is 173 Å². The fourth-order valence-corrected chi connectivity index (χ4v) is 24.6. The quantitative estimate of drug-likeness (QED) is 0.00736. The summed E-state index contributed by atoms with van der Waals surface area (Å²) in [4.78, 5) is 90.4. The van der Waals surface area contributed by atoms with Crippen molar-refractivity contribution < 1.29 is 130 Å². The van der Waals surface area contributed by atoms with E-state index in [0.717, 1.165) is 66.8 Å². The van der Waals surface area contributed by atoms with Gasteiger partial charge in [-0.2, -0.15) is 0 Å². The second-order valence-electron chi connectivity index (χ2n) is 38.9. The number of methoxy groups -OCH3 is 3. The molecule has 8 N–H and O–H groups in total. The third kappa shape index (κ3) is 18.3. The van der Waals surface area contributed by atoms with E-state index < -0.39 is 91.3 Å². The van der Waals surface area contributed by atoms with Crippen molar-refractivity contribution >= 4 is 48.2 Å². The second kappa shape index (κ2) is 41.8. The van der Waals surface area contributed by atoms with Gasteiger partial charge in [-0.05, 0) is 170 Å². The average Bonchev–Trinajstić information content (AvgIpc) is 1.47. The fourth-order valence-electron chi connectivity index (χ4n) is 24.6. The van der Waals surface area contributed by atoms with Gasteiger partial charge in [-0.1, -0.05) is 135 Å². The molecule has 3 fully saturated rings. The SMILES string of the molecule is C=CCOC(=O)Oc1c(C)c2c(c3c1CC1[C@H]4c5c(cc(C)c(OC)c5O)C[C@@H]([C@H](O)N1[C@H]3CNC(=O)/C=C/c1ccccc1)N4C)OCO2.C=CCOC(=O)Oc1c(C)c2c(c3c1CC1[C@H]4c5c(cc(C)c(OC)c5O)C[C@@H]([C@H](O)N1[C@H]3CNC(=O)CCc1ccccc1)N4C)OCO2.COc1c(C)cc2c(c1O)[C@@H]1C3Cc4c(OC(C)=O)c(C)c5c(c4[C@H](COC(=O)/C=C/c4ccccc4)N3[C@@H](O)[C@H](C2)N1C)OCO5. The van der Waals surface area contributed by atoms with Crippen LogP contribution in [0.1, 0.15) is 166 Å². The van der Waals surface area contributed by atoms with Gasteiger partial charge in [-0.25, -0.2) is 14.4 Å². The van der Waals surface area contributed by atoms with Crippen molar-refractivity contribution in [1.82, 2.24) is 40.0 Å². The van der Waals surface area contributed by atoms with E-state index in [4.69, 9.17) is 71.1 Å². The molecule has 35 heteroatoms. The number of aryl methyl sites for hydroxylation is 4. The highest BCUT2D eigenvalue weighted by molar-refractivity contribution is 5.92. The number of nitrogens with one attached hydrogen (secondary N) is 2. The van der Waals surface area contributed by atoms with Crippen molar-refractivity contribution in [2.45, 2.75) is 191 Å². The third-order valence-electron chi connectivity index (χ3n) is 30.8. The Kier molecular flexibility index (Phi) is 28.8. The first-order valence-corrected chi connectivity index (χ1v) is 49.2. The third-order valence-corrected chi connectivity index (χ3v) is 30.8. The predicted molar refractivity (Wildman–Crippen MR) is 537 cm³/mol. The van der Waals surface area contributed by atoms with E-state index >= 15 is 0 Å². The summed E-state index contributed by atoms with van der Waals surface area (Å²) in [7, 11) is 10.4. The lowest BCUT2D eigenvalue weighted by atomic mass is 9.73. The van der Waals surface area contributed by atoms with Crippen LogP contribution in [0, 0.1) is 41.5 Å². The lowest BCUT2D eigenvalue weighted by Gasteiger charge is -2.60. The summed E-state index contributed by atoms with van der Waals surface area (Å²) in [5.41, 5.74) is 15.9. The molecule has 12 aliphatic heterocycles. The van der Waals surface area contributed by atoms with Gasteiger partial charge in [-0.3, -0.25) is 43.8 Å². The monoisotopic (exact) mass is 2010 g/mol. The maximum absolute atomic E-state index is 13.4. The average molecular weight is 2010 g/mol. The van der Waals surface area contributed by atoms with Gasteiger partial charge in [0.2, 0.25) is 32.2 Å². The summed E-state index contributed by atoms with van der Waals surface area (Å²) < 4.78 is 86.8. The number of likely N-dealkylation sites (N-methyl/N-ethyl adjacent to an activating group) is 3. The van der Waals surface area contributed by atoms with Gasteiger partial charge >= 0.3 is 24.2 Å². The van der Waals surface area contributed by atoms with E-state index in [9.17, 15) is 59.4 Å². The molecule has 35 nitrogen and oxygen atoms in total. The minimum atomic E-state index is -0.980. The number of piperazine rings is 3. The molecule has 3 saturated heterocycles. The van der Waals surface area contributed by atoms with Crippen LogP contribution in [0.2, 0.25) is 0 Å². The van der Waals surface area contributed by atoms with Crippen LogP contribution in [-0.4, -0.2) is 247 Å². The fraction of sp³-hybridized carbons (Fsp3) is 0.393. The van der Waals surface area contributed by atoms with Crippen molar-refractivity contribution in [3.63, 3.8) is 0 Å². The van der Waals surface area contributed by atoms with E-state index in [0.29, 0.717) is 153 Å². The number of nitrogens with zero attached hydrogens (tertiary/aromatic N) is 6. The normalized spacial score (nSPS) is 23.7. The van der Waals surface area contributed by atoms with Crippen molar-refractivity contribution in [3.05, 3.63) is 263 Å². The Morgan fingerprint density at radius 2 is 0.769 bits per heavy atom. The summed E-state index contributed by atoms with van der Waals surface area (Å²) >= 11 is 0. The molecular weight excluding hydrogens is 1890 g/mol. The number of esters is 2. The Balaban J connectivity index is 0.000000139. The van der Waals surface area contributed by atoms with E-state index in [2.05, 4.69) is 38.5 Å². The summed E-state index contributed by atoms with van der Waals surface area (Å²) in [5.74, 6) is 3.51. The summed E-state index contributed by atoms with van der Waals surface area (Å²) in [6.07, 6.45) is 7.68. The lowest BCUT2D eigenvalue weighted by Crippen LogP contribution is -2.69. The molecule has 15 atom stereocenters. The number of aliphatic hydroxyl groups is 3. The molecule has 6 bridgehead atoms. The number of phenolic OH excluding ortho intramolecular Hbond substituents is 3. The number of carbonyl (C=O) groups is 6. The first kappa shape index (κ1) is 101. The van der Waals surface area contributed by atoms with E-state index in [1.54, 1.807) is 26.0 Å². The molecule has 21 rings (SSSR count). The molecule has 12 heterocycles. The first-order valence-electron chi connectivity index (χ1n) is 49.2. The van der Waals surface area contributed by atoms with Gasteiger partial charge in [0, 0.05) is 123 Å². The van der Waals surface area contributed by atoms with Gasteiger partial charge in [0.25, 0.3) is 0 Å². The molecule has 9 aromatic carbocycles. The number of rotatable bonds is 23. The van der Waals surface area contributed by atoms with Crippen LogP contribution in [0.3, 0.4) is 0 Å². The number of aliphatic hydroxyl groups excluding tert-OH is 3. The standard InChI is InChI=1S/C38H43N3O9.C38H41N3O9.C36H38N2O9/c2*1-6-14-47-38(45)50-34-21(3)35-36(49-19-48-35)30-24(34)17-25-31-29-23(15-20(2)33(46-5)32(29)43)16-26(40(31)4)37(44)41(25)27(30)18-39-28(42)13-12-22-10-8-7-9-11-22;1-18-13-22-14-25-36(42)38-24(30(37(25)4)28(22)31(41)32(18)43-5)15-23-29(35-34(45-17-46-35)19(2)33(23)47-20(3)39)26(38)16-44-27(40)12-11-21-9-7-6-8-10-21/h6-11,15,25-27,31,37,43-44H,1,12-14,16-19H2,2-5H3,(H,39,42);6-13,15,25-27,31,37,43-44H,1,14,16-19H2,2-5H3,(H,39,42);6-13,24-26,30,36,41-42H,14-17H2,1-5H3/b;13-12+;12-11+/t2*25?,26-,27-,31-,37-;24?,25-,26-,30-,36-/m000/s1. The van der Waals surface area contributed by atoms with Crippen molar-refractivity contribution in [2.75, 3.05) is 95.8 Å². The Morgan fingerprint density at radius 3 is 1.14 bits per heavy atom. The number of benzene rings is 9. The zero-order valence-electron chi connectivity index (χ0n) is 84.2. The molecule has 0 aromatic heterocycles. The van der Waals surface area contributed by atoms with Crippen LogP contribution in [0.5, 0.6) is 86.2 Å². The molecule has 0 saturated carbocycles. The van der Waals surface area contributed by atoms with Gasteiger partial charge in [0.15, 0.2) is 69.0 Å². The number of carbonyl (C=O) groups excluding carboxylic acids is 6. The van der Waals surface area contributed by atoms with Gasteiger partial charge in [0.1, 0.15) is 55.8 Å². The number of phenols is 3. The van der Waals surface area contributed by atoms with Crippen molar-refractivity contribution in [3.8, 4) is 86.2 Å². The zero-order valence-corrected chi connectivity index (χ0v) is 84.2. The van der Waals surface area contributed by atoms with Crippen molar-refractivity contribution in [2.24, 2.45) is 0 Å². The number of fused-ring (bicyclic) bond motifs is 27. The summed E-state index contributed by atoms with van der Waals surface area (Å²) in [5, 5.41) is 77.9. The largest absolute Gasteiger partial charge is 0.514 e. The number of amides is 2. The maximum atomic E-state index is 13.4. The zero-order chi connectivity index (χ0) is 104. The Hall–Kier alpha value is -14.4. The molecule has 2 amide bonds. The summed E-state index contributed by atoms with van der Waals surface area (Å²) in [6, 6.07) is 29.3. The smallest absolute Gasteiger partial charge is 0.504 e. The second-order valence-corrected chi connectivity index (χ2v) is 38.9. The molecule has 9 aromatic rings. The number of hydrogen-bond donors (Lipinski definition) is 8. The first-order chi connectivity index (χ1) is 70.9. The van der Waals surface area contributed by atoms with Gasteiger partial charge in [-0.15, -0.1) is 0 Å². The number of aromatic hydroxyl groups is 3. The van der Waals surface area contributed by atoms with Crippen LogP contribution in [0.15, 0.2) is 147 Å². The number of ether oxygens (including phenoxy) is 15. The minimum absolute atomic E-state index is 0.0289. The van der Waals surface area contributed by atoms with Crippen LogP contribution >= 0.6 is 0 Å². The summed E-state index contributed by atoms with van der Waals surface area (Å²) in [6.45, 7) is 19.5. The molecule has 3 unspecified atom stereocenters. The molecule has 772 valence electrons. The Morgan fingerprint density at radius 1 is 0.422 bits per heavy atom. The highest BCUT2D eigenvalue weighted by Gasteiger charge is 2.61. The highest BCUT2D eigenvalue weighted by Crippen LogP contribution is 2.64. The predicted octanol–water partition coefficient (Wildman–Crippen LogP) is 13.0. The Bertz CT molecular complexity index is 6760. The number of hydrogen-bond acceptors (Lipinski definition) is 33. The van der Waals surface area contributed by atoms with Crippen LogP contribution in [0.25, 0.3) is 12.2 Å². The lowest BCUT2D eigenvalue weighted by molar-refractivity contribution is -0.182. The van der Waals surface area contributed by atoms with E-state index in [1.165, 1.54) is 52.6 Å². The topological polar surface area (TPSA) is 406 Å².